The number of aromatic nitrogens is 1. The molecule has 0 N–H and O–H groups in total. The number of hydrogen-bond acceptors (Lipinski definition) is 3. The van der Waals surface area contributed by atoms with Crippen molar-refractivity contribution < 1.29 is 9.18 Å². The van der Waals surface area contributed by atoms with Crippen LogP contribution in [0.4, 0.5) is 4.39 Å². The van der Waals surface area contributed by atoms with Crippen LogP contribution in [0.2, 0.25) is 5.15 Å². The van der Waals surface area contributed by atoms with E-state index >= 15 is 0 Å². The fourth-order valence-electron chi connectivity index (χ4n) is 1.98. The molecule has 0 radical (unpaired) electrons. The van der Waals surface area contributed by atoms with E-state index in [2.05, 4.69) is 15.8 Å². The monoisotopic (exact) mass is 281 g/mol. The van der Waals surface area contributed by atoms with E-state index in [1.807, 2.05) is 0 Å². The van der Waals surface area contributed by atoms with Crippen LogP contribution in [0.15, 0.2) is 12.3 Å². The normalized spacial score (nSPS) is 16.2. The fraction of sp³-hybridized carbons (Fsp3) is 0.385. The first-order valence-electron chi connectivity index (χ1n) is 5.88. The van der Waals surface area contributed by atoms with Crippen molar-refractivity contribution in [3.63, 3.8) is 0 Å². The van der Waals surface area contributed by atoms with Crippen molar-refractivity contribution in [2.45, 2.75) is 0 Å². The summed E-state index contributed by atoms with van der Waals surface area (Å²) in [5.41, 5.74) is 0.104. The summed E-state index contributed by atoms with van der Waals surface area (Å²) >= 11 is 5.83. The zero-order valence-corrected chi connectivity index (χ0v) is 11.0. The van der Waals surface area contributed by atoms with Crippen molar-refractivity contribution in [1.29, 1.82) is 0 Å². The summed E-state index contributed by atoms with van der Waals surface area (Å²) in [5, 5.41) is 0.0254. The van der Waals surface area contributed by atoms with Gasteiger partial charge in [0.2, 0.25) is 0 Å². The minimum Gasteiger partial charge on any atom is -0.336 e. The zero-order chi connectivity index (χ0) is 13.8. The molecule has 2 rings (SSSR count). The summed E-state index contributed by atoms with van der Waals surface area (Å²) < 4.78 is 13.1. The van der Waals surface area contributed by atoms with E-state index in [1.54, 1.807) is 4.90 Å². The second-order valence-electron chi connectivity index (χ2n) is 4.26. The van der Waals surface area contributed by atoms with Gasteiger partial charge < -0.3 is 4.90 Å². The number of carbonyl (C=O) groups is 1. The molecular formula is C13H13ClFN3O. The lowest BCUT2D eigenvalue weighted by molar-refractivity contribution is 0.0651. The molecule has 1 amide bonds. The number of hydrogen-bond donors (Lipinski definition) is 0. The maximum atomic E-state index is 13.1. The van der Waals surface area contributed by atoms with Gasteiger partial charge in [-0.3, -0.25) is 9.69 Å². The van der Waals surface area contributed by atoms with Crippen molar-refractivity contribution in [2.75, 3.05) is 32.7 Å². The molecule has 0 aromatic carbocycles. The van der Waals surface area contributed by atoms with Crippen LogP contribution in [0.25, 0.3) is 0 Å². The van der Waals surface area contributed by atoms with Crippen molar-refractivity contribution >= 4 is 17.5 Å². The molecule has 0 saturated carbocycles. The molecule has 0 aliphatic carbocycles. The number of nitrogens with zero attached hydrogens (tertiary/aromatic N) is 3. The Kier molecular flexibility index (Phi) is 4.35. The second kappa shape index (κ2) is 6.00. The smallest absolute Gasteiger partial charge is 0.257 e. The van der Waals surface area contributed by atoms with Gasteiger partial charge >= 0.3 is 0 Å². The molecule has 19 heavy (non-hydrogen) atoms. The number of rotatable bonds is 2. The summed E-state index contributed by atoms with van der Waals surface area (Å²) in [6.45, 7) is 3.08. The lowest BCUT2D eigenvalue weighted by Gasteiger charge is -2.33. The van der Waals surface area contributed by atoms with Gasteiger partial charge in [-0.1, -0.05) is 17.5 Å². The number of halogens is 2. The van der Waals surface area contributed by atoms with Crippen molar-refractivity contribution in [3.8, 4) is 12.3 Å². The minimum atomic E-state index is -0.571. The van der Waals surface area contributed by atoms with Gasteiger partial charge in [-0.05, 0) is 6.07 Å². The quantitative estimate of drug-likeness (QED) is 0.605. The number of pyridine rings is 1. The largest absolute Gasteiger partial charge is 0.336 e. The predicted octanol–water partition coefficient (Wildman–Crippen LogP) is 1.27. The minimum absolute atomic E-state index is 0.0254. The third-order valence-corrected chi connectivity index (χ3v) is 3.31. The summed E-state index contributed by atoms with van der Waals surface area (Å²) in [6.07, 6.45) is 6.23. The van der Waals surface area contributed by atoms with Gasteiger partial charge in [-0.2, -0.15) is 0 Å². The van der Waals surface area contributed by atoms with Crippen LogP contribution in [0.5, 0.6) is 0 Å². The molecule has 0 atom stereocenters. The SMILES string of the molecule is C#CCN1CCN(C(=O)c2cc(F)cnc2Cl)CC1. The van der Waals surface area contributed by atoms with Crippen LogP contribution in [-0.2, 0) is 0 Å². The molecule has 1 aromatic heterocycles. The van der Waals surface area contributed by atoms with Crippen molar-refractivity contribution in [3.05, 3.63) is 28.8 Å². The third-order valence-electron chi connectivity index (χ3n) is 3.01. The molecular weight excluding hydrogens is 269 g/mol. The maximum absolute atomic E-state index is 13.1. The van der Waals surface area contributed by atoms with Crippen LogP contribution in [0.3, 0.4) is 0 Å². The molecule has 6 heteroatoms. The van der Waals surface area contributed by atoms with Gasteiger partial charge in [0, 0.05) is 26.2 Å². The van der Waals surface area contributed by atoms with Crippen molar-refractivity contribution in [1.82, 2.24) is 14.8 Å². The van der Waals surface area contributed by atoms with Crippen molar-refractivity contribution in [2.24, 2.45) is 0 Å². The zero-order valence-electron chi connectivity index (χ0n) is 10.3. The van der Waals surface area contributed by atoms with Crippen LogP contribution >= 0.6 is 11.6 Å². The first-order chi connectivity index (χ1) is 9.11. The van der Waals surface area contributed by atoms with Crippen LogP contribution in [0.1, 0.15) is 10.4 Å². The van der Waals surface area contributed by atoms with Crippen LogP contribution in [-0.4, -0.2) is 53.4 Å². The second-order valence-corrected chi connectivity index (χ2v) is 4.62. The standard InChI is InChI=1S/C13H13ClFN3O/c1-2-3-17-4-6-18(7-5-17)13(19)11-8-10(15)9-16-12(11)14/h1,8-9H,3-7H2. The van der Waals surface area contributed by atoms with E-state index in [0.29, 0.717) is 32.7 Å². The molecule has 1 fully saturated rings. The molecule has 4 nitrogen and oxygen atoms in total. The Morgan fingerprint density at radius 2 is 2.16 bits per heavy atom. The topological polar surface area (TPSA) is 36.4 Å². The Balaban J connectivity index is 2.05. The Labute approximate surface area is 116 Å². The van der Waals surface area contributed by atoms with E-state index in [9.17, 15) is 9.18 Å². The van der Waals surface area contributed by atoms with E-state index in [-0.39, 0.29) is 16.6 Å². The highest BCUT2D eigenvalue weighted by Crippen LogP contribution is 2.17. The van der Waals surface area contributed by atoms with Gasteiger partial charge in [-0.15, -0.1) is 6.42 Å². The van der Waals surface area contributed by atoms with E-state index in [0.717, 1.165) is 12.3 Å². The van der Waals surface area contributed by atoms with E-state index < -0.39 is 5.82 Å². The summed E-state index contributed by atoms with van der Waals surface area (Å²) in [7, 11) is 0. The summed E-state index contributed by atoms with van der Waals surface area (Å²) in [4.78, 5) is 19.6. The van der Waals surface area contributed by atoms with Gasteiger partial charge in [0.25, 0.3) is 5.91 Å². The highest BCUT2D eigenvalue weighted by molar-refractivity contribution is 6.32. The highest BCUT2D eigenvalue weighted by atomic mass is 35.5. The molecule has 1 aliphatic heterocycles. The number of terminal acetylenes is 1. The van der Waals surface area contributed by atoms with Gasteiger partial charge in [0.15, 0.2) is 0 Å². The molecule has 1 aliphatic rings. The Morgan fingerprint density at radius 3 is 2.79 bits per heavy atom. The Hall–Kier alpha value is -1.64. The van der Waals surface area contributed by atoms with Gasteiger partial charge in [0.1, 0.15) is 11.0 Å². The number of carbonyl (C=O) groups excluding carboxylic acids is 1. The lowest BCUT2D eigenvalue weighted by Crippen LogP contribution is -2.48. The molecule has 2 heterocycles. The molecule has 100 valence electrons. The average Bonchev–Trinajstić information content (AvgIpc) is 2.42. The molecule has 0 spiro atoms. The molecule has 0 bridgehead atoms. The van der Waals surface area contributed by atoms with Gasteiger partial charge in [0.05, 0.1) is 18.3 Å². The number of piperazine rings is 1. The fourth-order valence-corrected chi connectivity index (χ4v) is 2.17. The lowest BCUT2D eigenvalue weighted by atomic mass is 10.2. The first-order valence-corrected chi connectivity index (χ1v) is 6.25. The third kappa shape index (κ3) is 3.22. The van der Waals surface area contributed by atoms with E-state index in [4.69, 9.17) is 18.0 Å². The Bertz CT molecular complexity index is 521. The first kappa shape index (κ1) is 13.8. The molecule has 1 aromatic rings. The maximum Gasteiger partial charge on any atom is 0.257 e. The summed E-state index contributed by atoms with van der Waals surface area (Å²) in [5.74, 6) is 1.71. The molecule has 1 saturated heterocycles. The highest BCUT2D eigenvalue weighted by Gasteiger charge is 2.24. The summed E-state index contributed by atoms with van der Waals surface area (Å²) in [6, 6.07) is 1.12. The van der Waals surface area contributed by atoms with Crippen LogP contribution in [0, 0.1) is 18.2 Å². The van der Waals surface area contributed by atoms with Gasteiger partial charge in [-0.25, -0.2) is 9.37 Å². The predicted molar refractivity (Wildman–Crippen MR) is 70.4 cm³/mol. The molecule has 0 unspecified atom stereocenters. The van der Waals surface area contributed by atoms with Crippen LogP contribution < -0.4 is 0 Å². The average molecular weight is 282 g/mol. The number of amides is 1. The van der Waals surface area contributed by atoms with E-state index in [1.165, 1.54) is 0 Å². The Morgan fingerprint density at radius 1 is 1.47 bits per heavy atom.